The molecule has 1 atom stereocenters. The maximum absolute atomic E-state index is 12.4. The van der Waals surface area contributed by atoms with E-state index in [4.69, 9.17) is 11.6 Å². The molecule has 1 aliphatic heterocycles. The van der Waals surface area contributed by atoms with Crippen LogP contribution in [0.4, 0.5) is 11.4 Å². The Balaban J connectivity index is 1.86. The molecule has 0 aliphatic carbocycles. The number of benzene rings is 2. The maximum atomic E-state index is 12.4. The van der Waals surface area contributed by atoms with E-state index in [2.05, 4.69) is 5.32 Å². The fraction of sp³-hybridized carbons (Fsp3) is 0.235. The summed E-state index contributed by atoms with van der Waals surface area (Å²) >= 11 is 5.83. The summed E-state index contributed by atoms with van der Waals surface area (Å²) in [5.41, 5.74) is 2.65. The lowest BCUT2D eigenvalue weighted by Crippen LogP contribution is -2.34. The number of hydrogen-bond donors (Lipinski definition) is 1. The lowest BCUT2D eigenvalue weighted by atomic mass is 10.1. The average molecular weight is 365 g/mol. The molecule has 2 aromatic rings. The van der Waals surface area contributed by atoms with Gasteiger partial charge in [-0.15, -0.1) is 0 Å². The number of rotatable bonds is 3. The Morgan fingerprint density at radius 3 is 2.50 bits per heavy atom. The van der Waals surface area contributed by atoms with Crippen LogP contribution in [0.1, 0.15) is 22.8 Å². The Labute approximate surface area is 146 Å². The summed E-state index contributed by atoms with van der Waals surface area (Å²) in [6.07, 6.45) is 1.78. The van der Waals surface area contributed by atoms with E-state index in [0.29, 0.717) is 28.4 Å². The van der Waals surface area contributed by atoms with Crippen molar-refractivity contribution in [1.29, 1.82) is 0 Å². The zero-order valence-corrected chi connectivity index (χ0v) is 14.9. The van der Waals surface area contributed by atoms with Crippen molar-refractivity contribution in [3.8, 4) is 0 Å². The summed E-state index contributed by atoms with van der Waals surface area (Å²) in [6.45, 7) is 1.86. The molecule has 2 aromatic carbocycles. The first kappa shape index (κ1) is 16.8. The van der Waals surface area contributed by atoms with Crippen molar-refractivity contribution in [2.75, 3.05) is 15.9 Å². The molecule has 0 bridgehead atoms. The summed E-state index contributed by atoms with van der Waals surface area (Å²) in [6, 6.07) is 11.8. The number of amides is 1. The van der Waals surface area contributed by atoms with E-state index < -0.39 is 10.0 Å². The molecule has 0 fully saturated rings. The van der Waals surface area contributed by atoms with E-state index in [1.54, 1.807) is 42.5 Å². The summed E-state index contributed by atoms with van der Waals surface area (Å²) in [7, 11) is -3.33. The van der Waals surface area contributed by atoms with Crippen LogP contribution in [0.15, 0.2) is 42.5 Å². The molecule has 0 radical (unpaired) electrons. The minimum absolute atomic E-state index is 0.149. The van der Waals surface area contributed by atoms with Crippen molar-refractivity contribution in [2.24, 2.45) is 0 Å². The Bertz CT molecular complexity index is 895. The van der Waals surface area contributed by atoms with Gasteiger partial charge in [-0.25, -0.2) is 8.42 Å². The monoisotopic (exact) mass is 364 g/mol. The molecule has 1 aliphatic rings. The summed E-state index contributed by atoms with van der Waals surface area (Å²) in [5, 5.41) is 3.40. The van der Waals surface area contributed by atoms with Crippen LogP contribution >= 0.6 is 11.6 Å². The van der Waals surface area contributed by atoms with E-state index in [1.165, 1.54) is 10.6 Å². The Morgan fingerprint density at radius 2 is 1.88 bits per heavy atom. The van der Waals surface area contributed by atoms with E-state index in [1.807, 2.05) is 6.92 Å². The second kappa shape index (κ2) is 6.11. The van der Waals surface area contributed by atoms with Crippen molar-refractivity contribution in [3.63, 3.8) is 0 Å². The smallest absolute Gasteiger partial charge is 0.255 e. The van der Waals surface area contributed by atoms with Gasteiger partial charge in [-0.2, -0.15) is 0 Å². The predicted octanol–water partition coefficient (Wildman–Crippen LogP) is 3.30. The van der Waals surface area contributed by atoms with Crippen LogP contribution in [0.2, 0.25) is 5.02 Å². The molecule has 1 heterocycles. The highest BCUT2D eigenvalue weighted by molar-refractivity contribution is 7.92. The quantitative estimate of drug-likeness (QED) is 0.908. The number of anilines is 2. The Hall–Kier alpha value is -2.05. The average Bonchev–Trinajstić information content (AvgIpc) is 2.84. The summed E-state index contributed by atoms with van der Waals surface area (Å²) in [5.74, 6) is -0.245. The van der Waals surface area contributed by atoms with Gasteiger partial charge in [-0.3, -0.25) is 9.10 Å². The van der Waals surface area contributed by atoms with Crippen LogP contribution in [-0.4, -0.2) is 26.6 Å². The molecule has 0 spiro atoms. The molecule has 0 saturated carbocycles. The highest BCUT2D eigenvalue weighted by Gasteiger charge is 2.32. The van der Waals surface area contributed by atoms with Crippen molar-refractivity contribution < 1.29 is 13.2 Å². The van der Waals surface area contributed by atoms with Gasteiger partial charge >= 0.3 is 0 Å². The number of hydrogen-bond acceptors (Lipinski definition) is 3. The van der Waals surface area contributed by atoms with Crippen molar-refractivity contribution >= 4 is 38.9 Å². The van der Waals surface area contributed by atoms with Crippen LogP contribution in [0.3, 0.4) is 0 Å². The second-order valence-electron chi connectivity index (χ2n) is 5.92. The zero-order chi connectivity index (χ0) is 17.5. The van der Waals surface area contributed by atoms with Gasteiger partial charge in [0.1, 0.15) is 0 Å². The van der Waals surface area contributed by atoms with Crippen LogP contribution < -0.4 is 9.62 Å². The molecule has 1 N–H and O–H groups in total. The Kier molecular flexibility index (Phi) is 4.27. The number of nitrogens with one attached hydrogen (secondary N) is 1. The minimum atomic E-state index is -3.33. The maximum Gasteiger partial charge on any atom is 0.255 e. The molecule has 7 heteroatoms. The molecular weight excluding hydrogens is 348 g/mol. The number of halogens is 1. The van der Waals surface area contributed by atoms with Crippen LogP contribution in [0.5, 0.6) is 0 Å². The van der Waals surface area contributed by atoms with E-state index in [0.717, 1.165) is 5.56 Å². The molecular formula is C17H17ClN2O3S. The number of carbonyl (C=O) groups excluding carboxylic acids is 1. The summed E-state index contributed by atoms with van der Waals surface area (Å²) < 4.78 is 25.3. The molecule has 24 heavy (non-hydrogen) atoms. The first-order valence-electron chi connectivity index (χ1n) is 7.45. The van der Waals surface area contributed by atoms with Gasteiger partial charge in [0.25, 0.3) is 5.91 Å². The van der Waals surface area contributed by atoms with Gasteiger partial charge in [0.15, 0.2) is 0 Å². The fourth-order valence-electron chi connectivity index (χ4n) is 2.99. The Morgan fingerprint density at radius 1 is 1.21 bits per heavy atom. The number of fused-ring (bicyclic) bond motifs is 1. The van der Waals surface area contributed by atoms with Gasteiger partial charge in [0, 0.05) is 22.3 Å². The van der Waals surface area contributed by atoms with Crippen LogP contribution in [0, 0.1) is 0 Å². The topological polar surface area (TPSA) is 66.5 Å². The molecule has 1 amide bonds. The number of nitrogens with zero attached hydrogens (tertiary/aromatic N) is 1. The first-order chi connectivity index (χ1) is 11.3. The first-order valence-corrected chi connectivity index (χ1v) is 9.67. The fourth-order valence-corrected chi connectivity index (χ4v) is 4.38. The van der Waals surface area contributed by atoms with E-state index in [-0.39, 0.29) is 11.9 Å². The third kappa shape index (κ3) is 3.25. The van der Waals surface area contributed by atoms with Gasteiger partial charge in [-0.1, -0.05) is 11.6 Å². The molecule has 0 saturated heterocycles. The predicted molar refractivity (Wildman–Crippen MR) is 96.3 cm³/mol. The van der Waals surface area contributed by atoms with E-state index in [9.17, 15) is 13.2 Å². The SMILES string of the molecule is CC1Cc2cc(C(=O)Nc3ccc(Cl)cc3)ccc2N1S(C)(=O)=O. The standard InChI is InChI=1S/C17H17ClN2O3S/c1-11-9-13-10-12(3-8-16(13)20(11)24(2,22)23)17(21)19-15-6-4-14(18)5-7-15/h3-8,10-11H,9H2,1-2H3,(H,19,21). The third-order valence-electron chi connectivity index (χ3n) is 3.95. The van der Waals surface area contributed by atoms with Gasteiger partial charge in [0.2, 0.25) is 10.0 Å². The van der Waals surface area contributed by atoms with Gasteiger partial charge < -0.3 is 5.32 Å². The van der Waals surface area contributed by atoms with Crippen molar-refractivity contribution in [3.05, 3.63) is 58.6 Å². The lowest BCUT2D eigenvalue weighted by molar-refractivity contribution is 0.102. The molecule has 0 aromatic heterocycles. The van der Waals surface area contributed by atoms with Crippen LogP contribution in [-0.2, 0) is 16.4 Å². The summed E-state index contributed by atoms with van der Waals surface area (Å²) in [4.78, 5) is 12.4. The highest BCUT2D eigenvalue weighted by Crippen LogP contribution is 2.34. The largest absolute Gasteiger partial charge is 0.322 e. The molecule has 1 unspecified atom stereocenters. The molecule has 3 rings (SSSR count). The number of carbonyl (C=O) groups is 1. The minimum Gasteiger partial charge on any atom is -0.322 e. The van der Waals surface area contributed by atoms with Crippen LogP contribution in [0.25, 0.3) is 0 Å². The van der Waals surface area contributed by atoms with Crippen molar-refractivity contribution in [1.82, 2.24) is 0 Å². The number of sulfonamides is 1. The van der Waals surface area contributed by atoms with Gasteiger partial charge in [0.05, 0.1) is 11.9 Å². The molecule has 126 valence electrons. The zero-order valence-electron chi connectivity index (χ0n) is 13.3. The highest BCUT2D eigenvalue weighted by atomic mass is 35.5. The second-order valence-corrected chi connectivity index (χ2v) is 8.21. The van der Waals surface area contributed by atoms with E-state index >= 15 is 0 Å². The normalized spacial score (nSPS) is 16.8. The molecule has 5 nitrogen and oxygen atoms in total. The van der Waals surface area contributed by atoms with Crippen molar-refractivity contribution in [2.45, 2.75) is 19.4 Å². The third-order valence-corrected chi connectivity index (χ3v) is 5.48. The van der Waals surface area contributed by atoms with Gasteiger partial charge in [-0.05, 0) is 61.4 Å². The lowest BCUT2D eigenvalue weighted by Gasteiger charge is -2.21.